The summed E-state index contributed by atoms with van der Waals surface area (Å²) in [4.78, 5) is 10.6. The van der Waals surface area contributed by atoms with Crippen LogP contribution in [-0.2, 0) is 0 Å². The van der Waals surface area contributed by atoms with Crippen LogP contribution in [0.4, 0.5) is 0 Å². The lowest BCUT2D eigenvalue weighted by atomic mass is 10.2. The molecule has 0 aliphatic rings. The fraction of sp³-hybridized carbons (Fsp3) is 0.500. The van der Waals surface area contributed by atoms with Crippen LogP contribution in [0, 0.1) is 0 Å². The van der Waals surface area contributed by atoms with Crippen molar-refractivity contribution in [3.63, 3.8) is 0 Å². The van der Waals surface area contributed by atoms with E-state index in [-0.39, 0.29) is 0 Å². The van der Waals surface area contributed by atoms with Gasteiger partial charge in [0, 0.05) is 12.2 Å². The molecule has 1 rings (SSSR count). The van der Waals surface area contributed by atoms with Gasteiger partial charge in [0.15, 0.2) is 6.29 Å². The van der Waals surface area contributed by atoms with Crippen LogP contribution in [0.1, 0.15) is 29.9 Å². The molecule has 1 aromatic rings. The van der Waals surface area contributed by atoms with Gasteiger partial charge in [-0.2, -0.15) is 11.8 Å². The molecule has 1 unspecified atom stereocenters. The molecule has 0 radical (unpaired) electrons. The molecule has 0 spiro atoms. The van der Waals surface area contributed by atoms with E-state index in [1.807, 2.05) is 34.7 Å². The first-order chi connectivity index (χ1) is 6.29. The highest BCUT2D eigenvalue weighted by atomic mass is 32.2. The van der Waals surface area contributed by atoms with Crippen LogP contribution in [0.2, 0.25) is 0 Å². The van der Waals surface area contributed by atoms with E-state index in [1.54, 1.807) is 0 Å². The van der Waals surface area contributed by atoms with Gasteiger partial charge in [0.2, 0.25) is 0 Å². The van der Waals surface area contributed by atoms with Crippen LogP contribution in [0.5, 0.6) is 0 Å². The predicted molar refractivity (Wildman–Crippen MR) is 57.5 cm³/mol. The molecule has 0 aliphatic carbocycles. The summed E-state index contributed by atoms with van der Waals surface area (Å²) in [6.45, 7) is 2.14. The van der Waals surface area contributed by atoms with Crippen LogP contribution < -0.4 is 0 Å². The van der Waals surface area contributed by atoms with Gasteiger partial charge in [-0.1, -0.05) is 0 Å². The standard InChI is InChI=1S/C10H15NOS/c1-9(5-7-13-2)11-6-3-4-10(11)8-12/h3-4,6,8-9H,5,7H2,1-2H3. The summed E-state index contributed by atoms with van der Waals surface area (Å²) in [6, 6.07) is 4.18. The zero-order valence-electron chi connectivity index (χ0n) is 8.06. The second-order valence-corrected chi connectivity index (χ2v) is 4.07. The normalized spacial score (nSPS) is 12.8. The molecule has 2 nitrogen and oxygen atoms in total. The molecule has 0 bridgehead atoms. The van der Waals surface area contributed by atoms with Crippen molar-refractivity contribution in [2.45, 2.75) is 19.4 Å². The first-order valence-corrected chi connectivity index (χ1v) is 5.80. The number of carbonyl (C=O) groups excluding carboxylic acids is 1. The highest BCUT2D eigenvalue weighted by molar-refractivity contribution is 7.98. The van der Waals surface area contributed by atoms with Crippen molar-refractivity contribution < 1.29 is 4.79 Å². The van der Waals surface area contributed by atoms with Crippen molar-refractivity contribution in [3.8, 4) is 0 Å². The summed E-state index contributed by atoms with van der Waals surface area (Å²) < 4.78 is 2.03. The summed E-state index contributed by atoms with van der Waals surface area (Å²) in [5, 5.41) is 0. The third kappa shape index (κ3) is 2.62. The van der Waals surface area contributed by atoms with Gasteiger partial charge in [-0.15, -0.1) is 0 Å². The average molecular weight is 197 g/mol. The van der Waals surface area contributed by atoms with Crippen LogP contribution in [-0.4, -0.2) is 22.9 Å². The summed E-state index contributed by atoms with van der Waals surface area (Å²) in [7, 11) is 0. The number of hydrogen-bond donors (Lipinski definition) is 0. The highest BCUT2D eigenvalue weighted by Gasteiger charge is 2.06. The molecule has 72 valence electrons. The van der Waals surface area contributed by atoms with Crippen molar-refractivity contribution in [2.24, 2.45) is 0 Å². The maximum Gasteiger partial charge on any atom is 0.166 e. The van der Waals surface area contributed by atoms with Gasteiger partial charge >= 0.3 is 0 Å². The van der Waals surface area contributed by atoms with E-state index in [1.165, 1.54) is 0 Å². The SMILES string of the molecule is CSCCC(C)n1cccc1C=O. The second-order valence-electron chi connectivity index (χ2n) is 3.09. The van der Waals surface area contributed by atoms with E-state index in [0.29, 0.717) is 6.04 Å². The van der Waals surface area contributed by atoms with Gasteiger partial charge in [0.25, 0.3) is 0 Å². The Morgan fingerprint density at radius 1 is 1.69 bits per heavy atom. The number of hydrogen-bond acceptors (Lipinski definition) is 2. The Kier molecular flexibility index (Phi) is 4.09. The van der Waals surface area contributed by atoms with Gasteiger partial charge in [0.1, 0.15) is 0 Å². The number of nitrogens with zero attached hydrogens (tertiary/aromatic N) is 1. The largest absolute Gasteiger partial charge is 0.343 e. The van der Waals surface area contributed by atoms with Crippen molar-refractivity contribution in [3.05, 3.63) is 24.0 Å². The average Bonchev–Trinajstić information content (AvgIpc) is 2.61. The van der Waals surface area contributed by atoms with E-state index < -0.39 is 0 Å². The Hall–Kier alpha value is -0.700. The first-order valence-electron chi connectivity index (χ1n) is 4.40. The maximum absolute atomic E-state index is 10.6. The van der Waals surface area contributed by atoms with Gasteiger partial charge in [-0.05, 0) is 37.5 Å². The molecule has 0 aliphatic heterocycles. The van der Waals surface area contributed by atoms with Crippen molar-refractivity contribution >= 4 is 18.0 Å². The van der Waals surface area contributed by atoms with Gasteiger partial charge < -0.3 is 4.57 Å². The molecule has 0 fully saturated rings. The van der Waals surface area contributed by atoms with E-state index in [2.05, 4.69) is 13.2 Å². The monoisotopic (exact) mass is 197 g/mol. The number of rotatable bonds is 5. The topological polar surface area (TPSA) is 22.0 Å². The molecule has 0 amide bonds. The summed E-state index contributed by atoms with van der Waals surface area (Å²) in [5.74, 6) is 1.14. The Morgan fingerprint density at radius 2 is 2.46 bits per heavy atom. The molecule has 3 heteroatoms. The van der Waals surface area contributed by atoms with Crippen molar-refractivity contribution in [2.75, 3.05) is 12.0 Å². The molecule has 13 heavy (non-hydrogen) atoms. The van der Waals surface area contributed by atoms with Gasteiger partial charge in [-0.3, -0.25) is 4.79 Å². The highest BCUT2D eigenvalue weighted by Crippen LogP contribution is 2.15. The lowest BCUT2D eigenvalue weighted by Gasteiger charge is -2.14. The van der Waals surface area contributed by atoms with Crippen LogP contribution >= 0.6 is 11.8 Å². The maximum atomic E-state index is 10.6. The Balaban J connectivity index is 2.64. The van der Waals surface area contributed by atoms with Gasteiger partial charge in [-0.25, -0.2) is 0 Å². The quantitative estimate of drug-likeness (QED) is 0.677. The zero-order chi connectivity index (χ0) is 9.68. The van der Waals surface area contributed by atoms with E-state index in [9.17, 15) is 4.79 Å². The molecule has 1 aromatic heterocycles. The smallest absolute Gasteiger partial charge is 0.166 e. The van der Waals surface area contributed by atoms with Crippen LogP contribution in [0.25, 0.3) is 0 Å². The second kappa shape index (κ2) is 5.12. The molecule has 1 atom stereocenters. The molecular formula is C10H15NOS. The van der Waals surface area contributed by atoms with Crippen molar-refractivity contribution in [1.29, 1.82) is 0 Å². The predicted octanol–water partition coefficient (Wildman–Crippen LogP) is 2.61. The van der Waals surface area contributed by atoms with Crippen LogP contribution in [0.15, 0.2) is 18.3 Å². The third-order valence-electron chi connectivity index (χ3n) is 2.15. The minimum atomic E-state index is 0.419. The molecular weight excluding hydrogens is 182 g/mol. The number of thioether (sulfide) groups is 1. The number of aldehydes is 1. The minimum absolute atomic E-state index is 0.419. The lowest BCUT2D eigenvalue weighted by molar-refractivity contribution is 0.111. The molecule has 0 N–H and O–H groups in total. The molecule has 0 aromatic carbocycles. The van der Waals surface area contributed by atoms with Crippen molar-refractivity contribution in [1.82, 2.24) is 4.57 Å². The van der Waals surface area contributed by atoms with Gasteiger partial charge in [0.05, 0.1) is 5.69 Å². The molecule has 0 saturated carbocycles. The molecule has 1 heterocycles. The molecule has 0 saturated heterocycles. The lowest BCUT2D eigenvalue weighted by Crippen LogP contribution is -2.07. The fourth-order valence-electron chi connectivity index (χ4n) is 1.34. The van der Waals surface area contributed by atoms with Crippen LogP contribution in [0.3, 0.4) is 0 Å². The Morgan fingerprint density at radius 3 is 3.08 bits per heavy atom. The summed E-state index contributed by atoms with van der Waals surface area (Å²) in [5.41, 5.74) is 0.772. The number of carbonyl (C=O) groups is 1. The first kappa shape index (κ1) is 10.4. The summed E-state index contributed by atoms with van der Waals surface area (Å²) in [6.07, 6.45) is 6.09. The number of aromatic nitrogens is 1. The Bertz CT molecular complexity index is 270. The van der Waals surface area contributed by atoms with E-state index >= 15 is 0 Å². The fourth-order valence-corrected chi connectivity index (χ4v) is 1.91. The third-order valence-corrected chi connectivity index (χ3v) is 2.79. The Labute approximate surface area is 83.3 Å². The zero-order valence-corrected chi connectivity index (χ0v) is 8.88. The minimum Gasteiger partial charge on any atom is -0.343 e. The summed E-state index contributed by atoms with van der Waals surface area (Å²) >= 11 is 1.84. The van der Waals surface area contributed by atoms with E-state index in [4.69, 9.17) is 0 Å². The van der Waals surface area contributed by atoms with E-state index in [0.717, 1.165) is 24.2 Å².